The molecule has 1 fully saturated rings. The third-order valence-corrected chi connectivity index (χ3v) is 3.03. The summed E-state index contributed by atoms with van der Waals surface area (Å²) >= 11 is 5.76. The Labute approximate surface area is 98.8 Å². The van der Waals surface area contributed by atoms with Gasteiger partial charge >= 0.3 is 6.09 Å². The van der Waals surface area contributed by atoms with Crippen LogP contribution in [0.5, 0.6) is 0 Å². The van der Waals surface area contributed by atoms with E-state index in [1.165, 1.54) is 4.90 Å². The summed E-state index contributed by atoms with van der Waals surface area (Å²) < 4.78 is 0. The molecule has 0 aliphatic carbocycles. The van der Waals surface area contributed by atoms with E-state index in [-0.39, 0.29) is 6.04 Å². The van der Waals surface area contributed by atoms with Gasteiger partial charge in [-0.3, -0.25) is 0 Å². The summed E-state index contributed by atoms with van der Waals surface area (Å²) in [5.74, 6) is 0. The van der Waals surface area contributed by atoms with Crippen LogP contribution in [0, 0.1) is 0 Å². The number of nitrogens with one attached hydrogen (secondary N) is 1. The Kier molecular flexibility index (Phi) is 3.19. The molecule has 0 spiro atoms. The highest BCUT2D eigenvalue weighted by Crippen LogP contribution is 2.19. The number of hydrogen-bond acceptors (Lipinski definition) is 2. The first-order valence-corrected chi connectivity index (χ1v) is 5.53. The predicted octanol–water partition coefficient (Wildman–Crippen LogP) is 2.50. The SMILES string of the molecule is O=C(O)N1CC[C@H]1CNc1ccc(Cl)cc1. The molecule has 1 aliphatic heterocycles. The maximum Gasteiger partial charge on any atom is 0.407 e. The molecule has 1 aromatic rings. The number of anilines is 1. The largest absolute Gasteiger partial charge is 0.465 e. The fourth-order valence-corrected chi connectivity index (χ4v) is 1.83. The highest BCUT2D eigenvalue weighted by atomic mass is 35.5. The van der Waals surface area contributed by atoms with Crippen molar-refractivity contribution in [3.8, 4) is 0 Å². The summed E-state index contributed by atoms with van der Waals surface area (Å²) in [5.41, 5.74) is 0.960. The van der Waals surface area contributed by atoms with Gasteiger partial charge in [0.25, 0.3) is 0 Å². The van der Waals surface area contributed by atoms with Gasteiger partial charge in [0.05, 0.1) is 6.04 Å². The van der Waals surface area contributed by atoms with Gasteiger partial charge in [-0.2, -0.15) is 0 Å². The molecule has 2 rings (SSSR count). The standard InChI is InChI=1S/C11H13ClN2O2/c12-8-1-3-9(4-2-8)13-7-10-5-6-14(10)11(15)16/h1-4,10,13H,5-7H2,(H,15,16)/t10-/m0/s1. The molecule has 1 aromatic carbocycles. The number of carbonyl (C=O) groups is 1. The molecule has 0 aromatic heterocycles. The quantitative estimate of drug-likeness (QED) is 0.854. The van der Waals surface area contributed by atoms with E-state index in [2.05, 4.69) is 5.32 Å². The number of benzene rings is 1. The van der Waals surface area contributed by atoms with E-state index in [9.17, 15) is 4.79 Å². The van der Waals surface area contributed by atoms with E-state index in [0.29, 0.717) is 18.1 Å². The zero-order chi connectivity index (χ0) is 11.5. The van der Waals surface area contributed by atoms with E-state index >= 15 is 0 Å². The molecule has 1 aliphatic rings. The van der Waals surface area contributed by atoms with Crippen molar-refractivity contribution in [1.82, 2.24) is 4.90 Å². The van der Waals surface area contributed by atoms with Crippen LogP contribution in [-0.4, -0.2) is 35.2 Å². The molecule has 0 bridgehead atoms. The summed E-state index contributed by atoms with van der Waals surface area (Å²) in [6.45, 7) is 1.29. The topological polar surface area (TPSA) is 52.6 Å². The number of carboxylic acid groups (broad SMARTS) is 1. The van der Waals surface area contributed by atoms with Gasteiger partial charge in [-0.1, -0.05) is 11.6 Å². The normalized spacial score (nSPS) is 19.1. The fourth-order valence-electron chi connectivity index (χ4n) is 1.71. The molecule has 0 radical (unpaired) electrons. The molecule has 86 valence electrons. The minimum Gasteiger partial charge on any atom is -0.465 e. The van der Waals surface area contributed by atoms with E-state index in [1.54, 1.807) is 12.1 Å². The van der Waals surface area contributed by atoms with Crippen molar-refractivity contribution >= 4 is 23.4 Å². The van der Waals surface area contributed by atoms with Crippen molar-refractivity contribution in [2.75, 3.05) is 18.4 Å². The first-order chi connectivity index (χ1) is 7.66. The first-order valence-electron chi connectivity index (χ1n) is 5.16. The molecule has 4 nitrogen and oxygen atoms in total. The van der Waals surface area contributed by atoms with E-state index < -0.39 is 6.09 Å². The zero-order valence-electron chi connectivity index (χ0n) is 8.69. The van der Waals surface area contributed by atoms with Crippen LogP contribution in [0.2, 0.25) is 5.02 Å². The van der Waals surface area contributed by atoms with Crippen molar-refractivity contribution in [1.29, 1.82) is 0 Å². The first kappa shape index (κ1) is 11.1. The van der Waals surface area contributed by atoms with Gasteiger partial charge in [-0.05, 0) is 30.7 Å². The molecule has 1 saturated heterocycles. The van der Waals surface area contributed by atoms with Crippen molar-refractivity contribution < 1.29 is 9.90 Å². The van der Waals surface area contributed by atoms with Crippen molar-refractivity contribution in [3.05, 3.63) is 29.3 Å². The predicted molar refractivity (Wildman–Crippen MR) is 63.1 cm³/mol. The maximum atomic E-state index is 10.7. The summed E-state index contributed by atoms with van der Waals surface area (Å²) in [6.07, 6.45) is 0.0848. The molecule has 0 saturated carbocycles. The van der Waals surface area contributed by atoms with Crippen molar-refractivity contribution in [3.63, 3.8) is 0 Å². The molecular formula is C11H13ClN2O2. The van der Waals surface area contributed by atoms with Crippen LogP contribution in [0.15, 0.2) is 24.3 Å². The smallest absolute Gasteiger partial charge is 0.407 e. The molecule has 1 heterocycles. The number of nitrogens with zero attached hydrogens (tertiary/aromatic N) is 1. The van der Waals surface area contributed by atoms with Crippen LogP contribution in [-0.2, 0) is 0 Å². The Bertz CT molecular complexity index is 380. The second-order valence-corrected chi connectivity index (χ2v) is 4.24. The van der Waals surface area contributed by atoms with Gasteiger partial charge in [0.2, 0.25) is 0 Å². The minimum absolute atomic E-state index is 0.0909. The summed E-state index contributed by atoms with van der Waals surface area (Å²) in [5, 5.41) is 12.7. The Morgan fingerprint density at radius 3 is 2.69 bits per heavy atom. The fraction of sp³-hybridized carbons (Fsp3) is 0.364. The number of hydrogen-bond donors (Lipinski definition) is 2. The summed E-state index contributed by atoms with van der Waals surface area (Å²) in [4.78, 5) is 12.2. The molecule has 16 heavy (non-hydrogen) atoms. The Morgan fingerprint density at radius 2 is 2.19 bits per heavy atom. The lowest BCUT2D eigenvalue weighted by molar-refractivity contribution is 0.0809. The Morgan fingerprint density at radius 1 is 1.50 bits per heavy atom. The number of halogens is 1. The second-order valence-electron chi connectivity index (χ2n) is 3.81. The lowest BCUT2D eigenvalue weighted by Gasteiger charge is -2.38. The third-order valence-electron chi connectivity index (χ3n) is 2.78. The van der Waals surface area contributed by atoms with E-state index in [0.717, 1.165) is 12.1 Å². The molecule has 2 N–H and O–H groups in total. The van der Waals surface area contributed by atoms with Crippen LogP contribution < -0.4 is 5.32 Å². The number of likely N-dealkylation sites (tertiary alicyclic amines) is 1. The average Bonchev–Trinajstić information content (AvgIpc) is 2.18. The highest BCUT2D eigenvalue weighted by Gasteiger charge is 2.31. The van der Waals surface area contributed by atoms with E-state index in [4.69, 9.17) is 16.7 Å². The van der Waals surface area contributed by atoms with Gasteiger partial charge in [-0.25, -0.2) is 4.79 Å². The average molecular weight is 241 g/mol. The van der Waals surface area contributed by atoms with Crippen molar-refractivity contribution in [2.24, 2.45) is 0 Å². The number of rotatable bonds is 3. The van der Waals surface area contributed by atoms with Gasteiger partial charge < -0.3 is 15.3 Å². The lowest BCUT2D eigenvalue weighted by Crippen LogP contribution is -2.53. The van der Waals surface area contributed by atoms with Gasteiger partial charge in [-0.15, -0.1) is 0 Å². The third kappa shape index (κ3) is 2.39. The number of amides is 1. The zero-order valence-corrected chi connectivity index (χ0v) is 9.44. The molecule has 0 unspecified atom stereocenters. The van der Waals surface area contributed by atoms with Crippen LogP contribution in [0.25, 0.3) is 0 Å². The molecule has 1 atom stereocenters. The molecule has 5 heteroatoms. The molecule has 1 amide bonds. The van der Waals surface area contributed by atoms with Crippen molar-refractivity contribution in [2.45, 2.75) is 12.5 Å². The summed E-state index contributed by atoms with van der Waals surface area (Å²) in [6, 6.07) is 7.46. The van der Waals surface area contributed by atoms with E-state index in [1.807, 2.05) is 12.1 Å². The molecular weight excluding hydrogens is 228 g/mol. The minimum atomic E-state index is -0.839. The highest BCUT2D eigenvalue weighted by molar-refractivity contribution is 6.30. The van der Waals surface area contributed by atoms with Crippen LogP contribution in [0.1, 0.15) is 6.42 Å². The van der Waals surface area contributed by atoms with Gasteiger partial charge in [0.1, 0.15) is 0 Å². The van der Waals surface area contributed by atoms with Crippen LogP contribution in [0.3, 0.4) is 0 Å². The van der Waals surface area contributed by atoms with Crippen LogP contribution in [0.4, 0.5) is 10.5 Å². The summed E-state index contributed by atoms with van der Waals surface area (Å²) in [7, 11) is 0. The van der Waals surface area contributed by atoms with Crippen LogP contribution >= 0.6 is 11.6 Å². The monoisotopic (exact) mass is 240 g/mol. The second kappa shape index (κ2) is 4.61. The maximum absolute atomic E-state index is 10.7. The lowest BCUT2D eigenvalue weighted by atomic mass is 10.0. The Hall–Kier alpha value is -1.42. The Balaban J connectivity index is 1.84. The van der Waals surface area contributed by atoms with Gasteiger partial charge in [0.15, 0.2) is 0 Å². The van der Waals surface area contributed by atoms with Gasteiger partial charge in [0, 0.05) is 23.8 Å².